The van der Waals surface area contributed by atoms with Crippen LogP contribution in [0.15, 0.2) is 21.7 Å². The average Bonchev–Trinajstić information content (AvgIpc) is 2.65. The Labute approximate surface area is 90.7 Å². The number of rotatable bonds is 5. The van der Waals surface area contributed by atoms with E-state index < -0.39 is 0 Å². The summed E-state index contributed by atoms with van der Waals surface area (Å²) in [6, 6.07) is 2.07. The Morgan fingerprint density at radius 1 is 1.69 bits per heavy atom. The zero-order valence-electron chi connectivity index (χ0n) is 7.65. The minimum atomic E-state index is 0.106. The van der Waals surface area contributed by atoms with Gasteiger partial charge in [-0.25, -0.2) is 0 Å². The lowest BCUT2D eigenvalue weighted by atomic mass is 10.2. The summed E-state index contributed by atoms with van der Waals surface area (Å²) in [5.41, 5.74) is 0. The Balaban J connectivity index is 2.30. The maximum atomic E-state index is 11.2. The van der Waals surface area contributed by atoms with Gasteiger partial charge in [-0.1, -0.05) is 28.5 Å². The first kappa shape index (κ1) is 11.1. The first-order chi connectivity index (χ1) is 6.24. The van der Waals surface area contributed by atoms with Crippen molar-refractivity contribution in [3.63, 3.8) is 0 Å². The first-order valence-electron chi connectivity index (χ1n) is 4.12. The molecule has 1 unspecified atom stereocenters. The van der Waals surface area contributed by atoms with E-state index in [1.165, 1.54) is 4.90 Å². The second-order valence-corrected chi connectivity index (χ2v) is 6.00. The van der Waals surface area contributed by atoms with Crippen molar-refractivity contribution >= 4 is 38.7 Å². The summed E-state index contributed by atoms with van der Waals surface area (Å²) in [7, 11) is 3.33. The molecule has 0 saturated heterocycles. The van der Waals surface area contributed by atoms with Crippen LogP contribution in [-0.4, -0.2) is 11.0 Å². The highest BCUT2D eigenvalue weighted by Gasteiger charge is 2.11. The smallest absolute Gasteiger partial charge is 0.146 e. The van der Waals surface area contributed by atoms with Crippen LogP contribution in [-0.2, 0) is 4.79 Å². The van der Waals surface area contributed by atoms with E-state index in [1.807, 2.05) is 13.8 Å². The molecule has 0 aromatic carbocycles. The van der Waals surface area contributed by atoms with Crippen LogP contribution < -0.4 is 0 Å². The summed E-state index contributed by atoms with van der Waals surface area (Å²) in [6.45, 7) is 3.88. The molecular formula is C9H12OS3. The fraction of sp³-hybridized carbons (Fsp3) is 0.444. The van der Waals surface area contributed by atoms with E-state index >= 15 is 0 Å². The quantitative estimate of drug-likeness (QED) is 0.718. The van der Waals surface area contributed by atoms with Crippen molar-refractivity contribution in [2.24, 2.45) is 0 Å². The Bertz CT molecular complexity index is 256. The van der Waals surface area contributed by atoms with Crippen LogP contribution in [0.4, 0.5) is 0 Å². The predicted molar refractivity (Wildman–Crippen MR) is 62.5 cm³/mol. The molecule has 0 aliphatic rings. The maximum Gasteiger partial charge on any atom is 0.146 e. The molecule has 4 heteroatoms. The minimum absolute atomic E-state index is 0.106. The van der Waals surface area contributed by atoms with Crippen LogP contribution >= 0.6 is 32.9 Å². The van der Waals surface area contributed by atoms with Crippen molar-refractivity contribution in [2.45, 2.75) is 30.4 Å². The molecule has 1 aromatic rings. The van der Waals surface area contributed by atoms with E-state index in [-0.39, 0.29) is 5.25 Å². The summed E-state index contributed by atoms with van der Waals surface area (Å²) in [4.78, 5) is 12.5. The first-order valence-corrected chi connectivity index (χ1v) is 7.28. The van der Waals surface area contributed by atoms with E-state index in [1.54, 1.807) is 32.9 Å². The highest BCUT2D eigenvalue weighted by molar-refractivity contribution is 8.77. The van der Waals surface area contributed by atoms with Crippen molar-refractivity contribution in [3.8, 4) is 0 Å². The van der Waals surface area contributed by atoms with Gasteiger partial charge in [-0.05, 0) is 18.4 Å². The molecular weight excluding hydrogens is 220 g/mol. The predicted octanol–water partition coefficient (Wildman–Crippen LogP) is 3.86. The SMILES string of the molecule is CCC(=O)C(C)SSc1ccsc1. The lowest BCUT2D eigenvalue weighted by Crippen LogP contribution is -2.09. The van der Waals surface area contributed by atoms with E-state index in [2.05, 4.69) is 16.8 Å². The van der Waals surface area contributed by atoms with E-state index in [0.717, 1.165) is 0 Å². The van der Waals surface area contributed by atoms with Crippen molar-refractivity contribution in [3.05, 3.63) is 16.8 Å². The maximum absolute atomic E-state index is 11.2. The van der Waals surface area contributed by atoms with Gasteiger partial charge in [0.15, 0.2) is 0 Å². The fourth-order valence-corrected chi connectivity index (χ4v) is 3.96. The summed E-state index contributed by atoms with van der Waals surface area (Å²) >= 11 is 1.69. The van der Waals surface area contributed by atoms with Crippen molar-refractivity contribution < 1.29 is 4.79 Å². The van der Waals surface area contributed by atoms with Crippen LogP contribution in [0.3, 0.4) is 0 Å². The van der Waals surface area contributed by atoms with Gasteiger partial charge in [-0.15, -0.1) is 0 Å². The standard InChI is InChI=1S/C9H12OS3/c1-3-9(10)7(2)12-13-8-4-5-11-6-8/h4-7H,3H2,1-2H3. The second-order valence-electron chi connectivity index (χ2n) is 2.60. The number of hydrogen-bond donors (Lipinski definition) is 0. The van der Waals surface area contributed by atoms with E-state index in [0.29, 0.717) is 12.2 Å². The topological polar surface area (TPSA) is 17.1 Å². The molecule has 0 N–H and O–H groups in total. The third-order valence-corrected chi connectivity index (χ3v) is 5.24. The number of carbonyl (C=O) groups is 1. The van der Waals surface area contributed by atoms with Crippen LogP contribution in [0.25, 0.3) is 0 Å². The zero-order valence-corrected chi connectivity index (χ0v) is 10.1. The molecule has 13 heavy (non-hydrogen) atoms. The van der Waals surface area contributed by atoms with Crippen LogP contribution in [0.5, 0.6) is 0 Å². The minimum Gasteiger partial charge on any atom is -0.298 e. The molecule has 0 amide bonds. The summed E-state index contributed by atoms with van der Waals surface area (Å²) in [5, 5.41) is 4.26. The molecule has 0 aliphatic heterocycles. The van der Waals surface area contributed by atoms with Crippen LogP contribution in [0.1, 0.15) is 20.3 Å². The second kappa shape index (κ2) is 5.73. The van der Waals surface area contributed by atoms with Gasteiger partial charge >= 0.3 is 0 Å². The summed E-state index contributed by atoms with van der Waals surface area (Å²) in [5.74, 6) is 0.327. The Morgan fingerprint density at radius 2 is 2.46 bits per heavy atom. The van der Waals surface area contributed by atoms with Gasteiger partial charge in [-0.3, -0.25) is 4.79 Å². The molecule has 1 nitrogen and oxygen atoms in total. The van der Waals surface area contributed by atoms with Gasteiger partial charge in [0, 0.05) is 16.7 Å². The van der Waals surface area contributed by atoms with Gasteiger partial charge in [0.25, 0.3) is 0 Å². The molecule has 1 heterocycles. The number of carbonyl (C=O) groups excluding carboxylic acids is 1. The molecule has 1 rings (SSSR count). The zero-order chi connectivity index (χ0) is 9.68. The number of Topliss-reactive ketones (excluding diaryl/α,β-unsaturated/α-hetero) is 1. The van der Waals surface area contributed by atoms with Gasteiger partial charge in [0.1, 0.15) is 5.78 Å². The average molecular weight is 232 g/mol. The molecule has 72 valence electrons. The Morgan fingerprint density at radius 3 is 3.00 bits per heavy atom. The van der Waals surface area contributed by atoms with Crippen molar-refractivity contribution in [2.75, 3.05) is 0 Å². The molecule has 0 saturated carbocycles. The molecule has 0 aliphatic carbocycles. The largest absolute Gasteiger partial charge is 0.298 e. The monoisotopic (exact) mass is 232 g/mol. The summed E-state index contributed by atoms with van der Waals surface area (Å²) in [6.07, 6.45) is 0.637. The van der Waals surface area contributed by atoms with Gasteiger partial charge < -0.3 is 0 Å². The van der Waals surface area contributed by atoms with Crippen LogP contribution in [0, 0.1) is 0 Å². The van der Waals surface area contributed by atoms with Gasteiger partial charge in [0.2, 0.25) is 0 Å². The Kier molecular flexibility index (Phi) is 4.91. The highest BCUT2D eigenvalue weighted by atomic mass is 33.1. The number of hydrogen-bond acceptors (Lipinski definition) is 4. The molecule has 1 aromatic heterocycles. The normalized spacial score (nSPS) is 12.8. The molecule has 0 radical (unpaired) electrons. The fourth-order valence-electron chi connectivity index (χ4n) is 0.768. The molecule has 0 spiro atoms. The highest BCUT2D eigenvalue weighted by Crippen LogP contribution is 2.35. The van der Waals surface area contributed by atoms with E-state index in [4.69, 9.17) is 0 Å². The molecule has 1 atom stereocenters. The Hall–Kier alpha value is 0.0700. The lowest BCUT2D eigenvalue weighted by molar-refractivity contribution is -0.117. The molecule has 0 fully saturated rings. The number of thiophene rings is 1. The van der Waals surface area contributed by atoms with Gasteiger partial charge in [-0.2, -0.15) is 11.3 Å². The third kappa shape index (κ3) is 3.75. The number of ketones is 1. The van der Waals surface area contributed by atoms with E-state index in [9.17, 15) is 4.79 Å². The van der Waals surface area contributed by atoms with Crippen molar-refractivity contribution in [1.82, 2.24) is 0 Å². The molecule has 0 bridgehead atoms. The van der Waals surface area contributed by atoms with Crippen LogP contribution in [0.2, 0.25) is 0 Å². The van der Waals surface area contributed by atoms with Gasteiger partial charge in [0.05, 0.1) is 5.25 Å². The summed E-state index contributed by atoms with van der Waals surface area (Å²) < 4.78 is 0. The third-order valence-electron chi connectivity index (χ3n) is 1.59. The lowest BCUT2D eigenvalue weighted by Gasteiger charge is -2.05. The van der Waals surface area contributed by atoms with Crippen molar-refractivity contribution in [1.29, 1.82) is 0 Å².